The summed E-state index contributed by atoms with van der Waals surface area (Å²) in [5.41, 5.74) is 13.0. The number of rotatable bonds is 38. The zero-order valence-corrected chi connectivity index (χ0v) is 47.9. The van der Waals surface area contributed by atoms with Crippen molar-refractivity contribution in [3.63, 3.8) is 0 Å². The summed E-state index contributed by atoms with van der Waals surface area (Å²) in [4.78, 5) is 5.26. The van der Waals surface area contributed by atoms with Gasteiger partial charge in [0.15, 0.2) is 0 Å². The second-order valence-electron chi connectivity index (χ2n) is 22.2. The van der Waals surface area contributed by atoms with Gasteiger partial charge in [0.05, 0.1) is 0 Å². The molecule has 0 fully saturated rings. The van der Waals surface area contributed by atoms with E-state index in [1.807, 2.05) is 0 Å². The number of nitrogens with zero attached hydrogens (tertiary/aromatic N) is 2. The molecule has 0 saturated heterocycles. The Balaban J connectivity index is 1.45. The van der Waals surface area contributed by atoms with Gasteiger partial charge in [-0.05, 0) is 134 Å². The lowest BCUT2D eigenvalue weighted by Crippen LogP contribution is -2.26. The lowest BCUT2D eigenvalue weighted by Gasteiger charge is -2.33. The number of hydrogen-bond donors (Lipinski definition) is 0. The smallest absolute Gasteiger partial charge is 0.0367 e. The summed E-state index contributed by atoms with van der Waals surface area (Å²) in [6, 6.07) is 32.8. The number of unbranched alkanes of at least 4 members (excludes halogenated alkanes) is 24. The van der Waals surface area contributed by atoms with Crippen LogP contribution in [0.15, 0.2) is 84.9 Å². The van der Waals surface area contributed by atoms with Crippen LogP contribution in [-0.2, 0) is 5.41 Å². The molecule has 0 heterocycles. The second kappa shape index (κ2) is 35.7. The quantitative estimate of drug-likeness (QED) is 0.0326. The van der Waals surface area contributed by atoms with E-state index in [0.29, 0.717) is 0 Å². The highest BCUT2D eigenvalue weighted by Crippen LogP contribution is 2.54. The maximum absolute atomic E-state index is 3.69. The average molecular weight is 986 g/mol. The predicted molar refractivity (Wildman–Crippen MR) is 324 cm³/mol. The highest BCUT2D eigenvalue weighted by atomic mass is 15.1. The molecule has 0 bridgehead atoms. The minimum absolute atomic E-state index is 0.0361. The second-order valence-corrected chi connectivity index (χ2v) is 22.2. The van der Waals surface area contributed by atoms with Crippen LogP contribution in [0.1, 0.15) is 280 Å². The summed E-state index contributed by atoms with van der Waals surface area (Å²) in [7, 11) is 0. The highest BCUT2D eigenvalue weighted by Gasteiger charge is 2.42. The zero-order valence-electron chi connectivity index (χ0n) is 47.9. The number of anilines is 2. The average Bonchev–Trinajstić information content (AvgIpc) is 3.68. The molecule has 2 nitrogen and oxygen atoms in total. The first kappa shape index (κ1) is 59.5. The van der Waals surface area contributed by atoms with Crippen molar-refractivity contribution in [3.05, 3.63) is 118 Å². The van der Waals surface area contributed by atoms with E-state index >= 15 is 0 Å². The Hall–Kier alpha value is -4.40. The lowest BCUT2D eigenvalue weighted by molar-refractivity contribution is 0.397. The summed E-state index contributed by atoms with van der Waals surface area (Å²) in [5, 5.41) is 0. The topological polar surface area (TPSA) is 6.48 Å². The summed E-state index contributed by atoms with van der Waals surface area (Å²) in [6.07, 6.45) is 41.8. The van der Waals surface area contributed by atoms with Crippen molar-refractivity contribution >= 4 is 11.4 Å². The van der Waals surface area contributed by atoms with Crippen molar-refractivity contribution in [2.75, 3.05) is 36.0 Å². The summed E-state index contributed by atoms with van der Waals surface area (Å²) >= 11 is 0. The first-order chi connectivity index (χ1) is 36.0. The van der Waals surface area contributed by atoms with Gasteiger partial charge in [-0.25, -0.2) is 0 Å². The first-order valence-corrected chi connectivity index (χ1v) is 31.0. The maximum Gasteiger partial charge on any atom is 0.0367 e. The third-order valence-electron chi connectivity index (χ3n) is 16.1. The molecule has 0 saturated carbocycles. The van der Waals surface area contributed by atoms with Crippen molar-refractivity contribution in [2.45, 2.75) is 252 Å². The maximum atomic E-state index is 3.69. The molecular formula is C71H104N2. The predicted octanol–water partition coefficient (Wildman–Crippen LogP) is 21.0. The highest BCUT2D eigenvalue weighted by molar-refractivity contribution is 5.82. The van der Waals surface area contributed by atoms with Gasteiger partial charge in [0, 0.05) is 65.2 Å². The van der Waals surface area contributed by atoms with Crippen molar-refractivity contribution in [1.29, 1.82) is 0 Å². The van der Waals surface area contributed by atoms with Crippen LogP contribution >= 0.6 is 0 Å². The lowest BCUT2D eigenvalue weighted by atomic mass is 9.70. The van der Waals surface area contributed by atoms with E-state index in [0.717, 1.165) is 48.4 Å². The van der Waals surface area contributed by atoms with Crippen LogP contribution in [-0.4, -0.2) is 26.2 Å². The van der Waals surface area contributed by atoms with Gasteiger partial charge in [0.2, 0.25) is 0 Å². The molecule has 1 aliphatic carbocycles. The van der Waals surface area contributed by atoms with Gasteiger partial charge < -0.3 is 9.80 Å². The molecule has 4 aromatic carbocycles. The van der Waals surface area contributed by atoms with Crippen LogP contribution in [0.4, 0.5) is 11.4 Å². The Kier molecular flexibility index (Phi) is 29.1. The molecule has 0 aliphatic heterocycles. The Labute approximate surface area is 450 Å². The van der Waals surface area contributed by atoms with Crippen LogP contribution in [0.3, 0.4) is 0 Å². The molecule has 0 N–H and O–H groups in total. The Morgan fingerprint density at radius 3 is 0.863 bits per heavy atom. The number of fused-ring (bicyclic) bond motifs is 3. The zero-order chi connectivity index (χ0) is 51.6. The van der Waals surface area contributed by atoms with E-state index < -0.39 is 0 Å². The Morgan fingerprint density at radius 1 is 0.288 bits per heavy atom. The number of benzene rings is 4. The largest absolute Gasteiger partial charge is 0.372 e. The minimum Gasteiger partial charge on any atom is -0.372 e. The SMILES string of the molecule is CCCCCCCCCC1(CCCCCCCCC)c2cc(C#Cc3ccc(N(CCCCCC)CCCCCC)cc3)ccc2-c2ccc(C#Cc3ccc(N(CCCCCC)CCCCCC)cc3)cc21. The fourth-order valence-corrected chi connectivity index (χ4v) is 11.5. The third-order valence-corrected chi connectivity index (χ3v) is 16.1. The van der Waals surface area contributed by atoms with E-state index in [9.17, 15) is 0 Å². The van der Waals surface area contributed by atoms with Crippen LogP contribution in [0.25, 0.3) is 11.1 Å². The number of hydrogen-bond acceptors (Lipinski definition) is 2. The summed E-state index contributed by atoms with van der Waals surface area (Å²) in [5.74, 6) is 14.6. The van der Waals surface area contributed by atoms with Crippen molar-refractivity contribution in [2.24, 2.45) is 0 Å². The molecule has 398 valence electrons. The van der Waals surface area contributed by atoms with Crippen LogP contribution in [0.2, 0.25) is 0 Å². The molecule has 2 heteroatoms. The fraction of sp³-hybridized carbons (Fsp3) is 0.606. The molecule has 73 heavy (non-hydrogen) atoms. The monoisotopic (exact) mass is 985 g/mol. The molecule has 1 aliphatic rings. The molecule has 0 radical (unpaired) electrons. The van der Waals surface area contributed by atoms with Crippen LogP contribution < -0.4 is 9.80 Å². The van der Waals surface area contributed by atoms with E-state index in [1.54, 1.807) is 0 Å². The van der Waals surface area contributed by atoms with Gasteiger partial charge in [0.25, 0.3) is 0 Å². The van der Waals surface area contributed by atoms with Gasteiger partial charge in [-0.15, -0.1) is 0 Å². The van der Waals surface area contributed by atoms with Crippen LogP contribution in [0, 0.1) is 23.7 Å². The molecule has 0 atom stereocenters. The molecule has 5 rings (SSSR count). The molecule has 4 aromatic rings. The normalized spacial score (nSPS) is 12.2. The Morgan fingerprint density at radius 2 is 0.548 bits per heavy atom. The molecule has 0 spiro atoms. The van der Waals surface area contributed by atoms with E-state index in [-0.39, 0.29) is 5.41 Å². The fourth-order valence-electron chi connectivity index (χ4n) is 11.5. The third kappa shape index (κ3) is 20.3. The summed E-state index contributed by atoms with van der Waals surface area (Å²) < 4.78 is 0. The standard InChI is InChI=1S/C71H104N2/c1-7-13-19-25-27-29-31-53-71(54-32-30-28-26-20-14-8-2)69-59-63(39-37-61-41-47-65(48-42-61)72(55-33-21-15-9-3)56-34-22-16-10-4)45-51-67(69)68-52-46-64(60-70(68)71)40-38-62-43-49-66(50-44-62)73(57-35-23-17-11-5)58-36-24-18-12-6/h41-52,59-60H,7-36,53-58H2,1-6H3. The van der Waals surface area contributed by atoms with E-state index in [2.05, 4.69) is 160 Å². The van der Waals surface area contributed by atoms with E-state index in [1.165, 1.54) is 239 Å². The van der Waals surface area contributed by atoms with Crippen molar-refractivity contribution < 1.29 is 0 Å². The summed E-state index contributed by atoms with van der Waals surface area (Å²) in [6.45, 7) is 18.5. The first-order valence-electron chi connectivity index (χ1n) is 31.0. The van der Waals surface area contributed by atoms with Gasteiger partial charge in [-0.1, -0.05) is 244 Å². The van der Waals surface area contributed by atoms with Gasteiger partial charge in [-0.2, -0.15) is 0 Å². The van der Waals surface area contributed by atoms with Crippen molar-refractivity contribution in [1.82, 2.24) is 0 Å². The molecule has 0 amide bonds. The molecule has 0 unspecified atom stereocenters. The van der Waals surface area contributed by atoms with E-state index in [4.69, 9.17) is 0 Å². The van der Waals surface area contributed by atoms with Crippen molar-refractivity contribution in [3.8, 4) is 34.8 Å². The van der Waals surface area contributed by atoms with Gasteiger partial charge in [0.1, 0.15) is 0 Å². The molecule has 0 aromatic heterocycles. The van der Waals surface area contributed by atoms with Gasteiger partial charge >= 0.3 is 0 Å². The molecular weight excluding hydrogens is 881 g/mol. The Bertz CT molecular complexity index is 2020. The van der Waals surface area contributed by atoms with Gasteiger partial charge in [-0.3, -0.25) is 0 Å². The van der Waals surface area contributed by atoms with Crippen LogP contribution in [0.5, 0.6) is 0 Å². The minimum atomic E-state index is -0.0361.